The zero-order valence-electron chi connectivity index (χ0n) is 10.5. The van der Waals surface area contributed by atoms with Crippen LogP contribution < -0.4 is 4.74 Å². The Labute approximate surface area is 106 Å². The van der Waals surface area contributed by atoms with Crippen molar-refractivity contribution in [2.24, 2.45) is 5.92 Å². The highest BCUT2D eigenvalue weighted by Crippen LogP contribution is 2.38. The molecule has 0 aromatic heterocycles. The maximum Gasteiger partial charge on any atom is 0.410 e. The van der Waals surface area contributed by atoms with Crippen molar-refractivity contribution in [3.05, 3.63) is 29.8 Å². The van der Waals surface area contributed by atoms with Gasteiger partial charge in [-0.1, -0.05) is 12.1 Å². The average molecular weight is 247 g/mol. The van der Waals surface area contributed by atoms with E-state index in [1.165, 1.54) is 12.8 Å². The van der Waals surface area contributed by atoms with Gasteiger partial charge >= 0.3 is 6.09 Å². The first-order chi connectivity index (χ1) is 8.78. The topological polar surface area (TPSA) is 38.8 Å². The molecule has 0 unspecified atom stereocenters. The van der Waals surface area contributed by atoms with Crippen LogP contribution in [0.4, 0.5) is 4.79 Å². The Morgan fingerprint density at radius 1 is 1.33 bits per heavy atom. The van der Waals surface area contributed by atoms with Crippen molar-refractivity contribution < 1.29 is 14.3 Å². The van der Waals surface area contributed by atoms with Gasteiger partial charge in [0.15, 0.2) is 0 Å². The number of carbonyl (C=O) groups is 1. The van der Waals surface area contributed by atoms with Crippen LogP contribution in [0.1, 0.15) is 18.4 Å². The van der Waals surface area contributed by atoms with Crippen molar-refractivity contribution >= 4 is 6.09 Å². The van der Waals surface area contributed by atoms with Crippen LogP contribution in [0, 0.1) is 5.92 Å². The molecule has 1 atom stereocenters. The van der Waals surface area contributed by atoms with Crippen molar-refractivity contribution in [3.8, 4) is 5.75 Å². The molecule has 96 valence electrons. The van der Waals surface area contributed by atoms with Crippen LogP contribution in [0.25, 0.3) is 0 Å². The number of benzene rings is 1. The van der Waals surface area contributed by atoms with E-state index >= 15 is 0 Å². The van der Waals surface area contributed by atoms with Crippen LogP contribution in [0.5, 0.6) is 5.75 Å². The van der Waals surface area contributed by atoms with Crippen LogP contribution in [0.15, 0.2) is 24.3 Å². The second-order valence-electron chi connectivity index (χ2n) is 4.96. The monoisotopic (exact) mass is 247 g/mol. The molecule has 3 rings (SSSR count). The molecular formula is C14H17NO3. The molecule has 1 amide bonds. The summed E-state index contributed by atoms with van der Waals surface area (Å²) in [5, 5.41) is 0. The zero-order valence-corrected chi connectivity index (χ0v) is 10.5. The number of hydrogen-bond donors (Lipinski definition) is 0. The van der Waals surface area contributed by atoms with Crippen LogP contribution in [0.3, 0.4) is 0 Å². The Bertz CT molecular complexity index is 439. The van der Waals surface area contributed by atoms with Crippen molar-refractivity contribution in [2.75, 3.05) is 13.7 Å². The van der Waals surface area contributed by atoms with Crippen molar-refractivity contribution in [2.45, 2.75) is 25.4 Å². The summed E-state index contributed by atoms with van der Waals surface area (Å²) in [5.74, 6) is 1.48. The predicted octanol–water partition coefficient (Wildman–Crippen LogP) is 2.43. The third-order valence-corrected chi connectivity index (χ3v) is 3.69. The van der Waals surface area contributed by atoms with Crippen LogP contribution in [-0.4, -0.2) is 30.8 Å². The van der Waals surface area contributed by atoms with Gasteiger partial charge in [0.2, 0.25) is 0 Å². The molecule has 1 aromatic rings. The number of rotatable bonds is 4. The van der Waals surface area contributed by atoms with Gasteiger partial charge in [-0.25, -0.2) is 4.79 Å². The van der Waals surface area contributed by atoms with Crippen molar-refractivity contribution in [1.82, 2.24) is 4.90 Å². The number of methoxy groups -OCH3 is 1. The minimum atomic E-state index is -0.178. The Hall–Kier alpha value is -1.71. The van der Waals surface area contributed by atoms with E-state index in [1.54, 1.807) is 7.11 Å². The van der Waals surface area contributed by atoms with Gasteiger partial charge in [0.25, 0.3) is 0 Å². The third kappa shape index (κ3) is 2.15. The lowest BCUT2D eigenvalue weighted by Gasteiger charge is -2.21. The Morgan fingerprint density at radius 3 is 2.67 bits per heavy atom. The molecule has 1 saturated heterocycles. The van der Waals surface area contributed by atoms with E-state index in [9.17, 15) is 4.79 Å². The fourth-order valence-corrected chi connectivity index (χ4v) is 2.45. The predicted molar refractivity (Wildman–Crippen MR) is 66.4 cm³/mol. The van der Waals surface area contributed by atoms with E-state index in [2.05, 4.69) is 0 Å². The first kappa shape index (κ1) is 11.4. The zero-order chi connectivity index (χ0) is 12.5. The Kier molecular flexibility index (Phi) is 2.86. The molecule has 4 heteroatoms. The van der Waals surface area contributed by atoms with E-state index in [4.69, 9.17) is 9.47 Å². The first-order valence-electron chi connectivity index (χ1n) is 6.34. The fraction of sp³-hybridized carbons (Fsp3) is 0.500. The minimum absolute atomic E-state index is 0.178. The van der Waals surface area contributed by atoms with Gasteiger partial charge in [0, 0.05) is 6.54 Å². The second-order valence-corrected chi connectivity index (χ2v) is 4.96. The standard InChI is InChI=1S/C14H17NO3/c1-17-12-6-2-10(3-7-12)8-15-13(11-4-5-11)9-18-14(15)16/h2-3,6-7,11,13H,4-5,8-9H2,1H3/t13-/m0/s1. The third-order valence-electron chi connectivity index (χ3n) is 3.69. The number of nitrogens with zero attached hydrogens (tertiary/aromatic N) is 1. The lowest BCUT2D eigenvalue weighted by Crippen LogP contribution is -2.34. The van der Waals surface area contributed by atoms with E-state index in [0.29, 0.717) is 19.1 Å². The molecule has 0 radical (unpaired) electrons. The summed E-state index contributed by atoms with van der Waals surface area (Å²) in [7, 11) is 1.65. The van der Waals surface area contributed by atoms with Gasteiger partial charge in [-0.3, -0.25) is 4.90 Å². The largest absolute Gasteiger partial charge is 0.497 e. The Balaban J connectivity index is 1.71. The molecule has 0 spiro atoms. The van der Waals surface area contributed by atoms with Gasteiger partial charge < -0.3 is 9.47 Å². The first-order valence-corrected chi connectivity index (χ1v) is 6.34. The van der Waals surface area contributed by atoms with Crippen LogP contribution in [0.2, 0.25) is 0 Å². The molecule has 0 N–H and O–H groups in total. The number of hydrogen-bond acceptors (Lipinski definition) is 3. The quantitative estimate of drug-likeness (QED) is 0.820. The van der Waals surface area contributed by atoms with Gasteiger partial charge in [-0.2, -0.15) is 0 Å². The lowest BCUT2D eigenvalue weighted by molar-refractivity contribution is 0.155. The average Bonchev–Trinajstić information content (AvgIpc) is 3.17. The molecule has 1 aliphatic carbocycles. The van der Waals surface area contributed by atoms with E-state index in [-0.39, 0.29) is 12.1 Å². The highest BCUT2D eigenvalue weighted by molar-refractivity contribution is 5.70. The number of carbonyl (C=O) groups excluding carboxylic acids is 1. The molecule has 0 bridgehead atoms. The maximum atomic E-state index is 11.7. The van der Waals surface area contributed by atoms with Crippen molar-refractivity contribution in [3.63, 3.8) is 0 Å². The molecule has 2 aliphatic rings. The smallest absolute Gasteiger partial charge is 0.410 e. The van der Waals surface area contributed by atoms with Gasteiger partial charge in [-0.05, 0) is 36.5 Å². The summed E-state index contributed by atoms with van der Waals surface area (Å²) < 4.78 is 10.3. The SMILES string of the molecule is COc1ccc(CN2C(=O)OC[C@H]2C2CC2)cc1. The summed E-state index contributed by atoms with van der Waals surface area (Å²) in [6, 6.07) is 8.11. The minimum Gasteiger partial charge on any atom is -0.497 e. The molecule has 2 fully saturated rings. The summed E-state index contributed by atoms with van der Waals surface area (Å²) in [6.45, 7) is 1.18. The normalized spacial score (nSPS) is 23.1. The molecule has 1 aliphatic heterocycles. The van der Waals surface area contributed by atoms with Gasteiger partial charge in [-0.15, -0.1) is 0 Å². The number of ether oxygens (including phenoxy) is 2. The van der Waals surface area contributed by atoms with E-state index in [0.717, 1.165) is 11.3 Å². The highest BCUT2D eigenvalue weighted by Gasteiger charge is 2.42. The number of amides is 1. The molecule has 18 heavy (non-hydrogen) atoms. The summed E-state index contributed by atoms with van der Waals surface area (Å²) >= 11 is 0. The molecule has 4 nitrogen and oxygen atoms in total. The molecular weight excluding hydrogens is 230 g/mol. The van der Waals surface area contributed by atoms with E-state index < -0.39 is 0 Å². The summed E-state index contributed by atoms with van der Waals surface area (Å²) in [4.78, 5) is 13.6. The van der Waals surface area contributed by atoms with Crippen LogP contribution in [-0.2, 0) is 11.3 Å². The molecule has 1 heterocycles. The second kappa shape index (κ2) is 4.52. The van der Waals surface area contributed by atoms with Crippen molar-refractivity contribution in [1.29, 1.82) is 0 Å². The van der Waals surface area contributed by atoms with Gasteiger partial charge in [0.05, 0.1) is 13.2 Å². The van der Waals surface area contributed by atoms with E-state index in [1.807, 2.05) is 29.2 Å². The Morgan fingerprint density at radius 2 is 2.06 bits per heavy atom. The summed E-state index contributed by atoms with van der Waals surface area (Å²) in [5.41, 5.74) is 1.11. The molecule has 1 aromatic carbocycles. The van der Waals surface area contributed by atoms with Gasteiger partial charge in [0.1, 0.15) is 12.4 Å². The fourth-order valence-electron chi connectivity index (χ4n) is 2.45. The maximum absolute atomic E-state index is 11.7. The highest BCUT2D eigenvalue weighted by atomic mass is 16.6. The molecule has 1 saturated carbocycles. The number of cyclic esters (lactones) is 1. The summed E-state index contributed by atoms with van der Waals surface area (Å²) in [6.07, 6.45) is 2.27. The lowest BCUT2D eigenvalue weighted by atomic mass is 10.1. The van der Waals surface area contributed by atoms with Crippen LogP contribution >= 0.6 is 0 Å².